The summed E-state index contributed by atoms with van der Waals surface area (Å²) < 4.78 is 1.36. The zero-order chi connectivity index (χ0) is 22.5. The van der Waals surface area contributed by atoms with Crippen molar-refractivity contribution in [3.63, 3.8) is 0 Å². The summed E-state index contributed by atoms with van der Waals surface area (Å²) in [5, 5.41) is 8.27. The monoisotopic (exact) mass is 464 g/mol. The van der Waals surface area contributed by atoms with Crippen LogP contribution in [0.4, 0.5) is 5.69 Å². The molecule has 0 bridgehead atoms. The van der Waals surface area contributed by atoms with E-state index < -0.39 is 0 Å². The van der Waals surface area contributed by atoms with E-state index in [2.05, 4.69) is 15.4 Å². The van der Waals surface area contributed by atoms with Gasteiger partial charge in [0.25, 0.3) is 5.56 Å². The molecule has 2 aromatic heterocycles. The molecule has 0 saturated carbocycles. The molecule has 1 atom stereocenters. The first kappa shape index (κ1) is 22.2. The number of carbonyl (C=O) groups is 1. The molecule has 0 fully saturated rings. The van der Waals surface area contributed by atoms with Crippen molar-refractivity contribution in [2.45, 2.75) is 43.3 Å². The van der Waals surface area contributed by atoms with Crippen molar-refractivity contribution in [1.82, 2.24) is 14.6 Å². The van der Waals surface area contributed by atoms with Gasteiger partial charge in [0.2, 0.25) is 10.9 Å². The fraction of sp³-hybridized carbons (Fsp3) is 0.250. The number of carbonyl (C=O) groups excluding carboxylic acids is 1. The second kappa shape index (κ2) is 10.1. The topological polar surface area (TPSA) is 76.4 Å². The number of fused-ring (bicyclic) bond motifs is 1. The minimum absolute atomic E-state index is 0.0266. The predicted octanol–water partition coefficient (Wildman–Crippen LogP) is 5.14. The molecule has 0 saturated heterocycles. The molecule has 1 N–H and O–H groups in total. The number of benzene rings is 2. The lowest BCUT2D eigenvalue weighted by Gasteiger charge is -2.17. The van der Waals surface area contributed by atoms with Crippen LogP contribution in [0.1, 0.15) is 42.5 Å². The van der Waals surface area contributed by atoms with Gasteiger partial charge in [-0.3, -0.25) is 9.59 Å². The summed E-state index contributed by atoms with van der Waals surface area (Å²) in [6, 6.07) is 19.1. The summed E-state index contributed by atoms with van der Waals surface area (Å²) in [7, 11) is 0. The van der Waals surface area contributed by atoms with E-state index in [4.69, 9.17) is 0 Å². The van der Waals surface area contributed by atoms with E-state index in [-0.39, 0.29) is 17.4 Å². The summed E-state index contributed by atoms with van der Waals surface area (Å²) in [6.07, 6.45) is 1.49. The van der Waals surface area contributed by atoms with Crippen LogP contribution in [-0.2, 0) is 17.0 Å². The molecule has 32 heavy (non-hydrogen) atoms. The Bertz CT molecular complexity index is 1280. The molecule has 2 heterocycles. The van der Waals surface area contributed by atoms with Gasteiger partial charge < -0.3 is 5.32 Å². The van der Waals surface area contributed by atoms with E-state index in [0.717, 1.165) is 27.6 Å². The van der Waals surface area contributed by atoms with E-state index >= 15 is 0 Å². The van der Waals surface area contributed by atoms with Gasteiger partial charge in [-0.25, -0.2) is 4.98 Å². The van der Waals surface area contributed by atoms with Crippen LogP contribution >= 0.6 is 23.1 Å². The molecule has 4 rings (SSSR count). The molecule has 1 amide bonds. The fourth-order valence-corrected chi connectivity index (χ4v) is 5.20. The molecular formula is C24H24N4O2S2. The Labute approximate surface area is 194 Å². The quantitative estimate of drug-likeness (QED) is 0.366. The van der Waals surface area contributed by atoms with Gasteiger partial charge in [0.1, 0.15) is 5.01 Å². The molecule has 0 aliphatic carbocycles. The second-order valence-corrected chi connectivity index (χ2v) is 9.33. The van der Waals surface area contributed by atoms with Crippen LogP contribution in [0.25, 0.3) is 4.96 Å². The SMILES string of the molecule is CCc1nn2c(=O)cc(CSc3ccccc3NC(=O)C(CC)c3ccccc3)nc2s1. The number of para-hydroxylation sites is 1. The van der Waals surface area contributed by atoms with Gasteiger partial charge in [-0.1, -0.05) is 67.6 Å². The molecule has 0 radical (unpaired) electrons. The van der Waals surface area contributed by atoms with E-state index in [9.17, 15) is 9.59 Å². The van der Waals surface area contributed by atoms with Crippen LogP contribution in [0.15, 0.2) is 70.4 Å². The number of anilines is 1. The third-order valence-corrected chi connectivity index (χ3v) is 7.25. The van der Waals surface area contributed by atoms with Crippen molar-refractivity contribution in [2.75, 3.05) is 5.32 Å². The van der Waals surface area contributed by atoms with E-state index in [1.54, 1.807) is 11.8 Å². The number of hydrogen-bond acceptors (Lipinski definition) is 6. The highest BCUT2D eigenvalue weighted by Crippen LogP contribution is 2.31. The minimum Gasteiger partial charge on any atom is -0.325 e. The van der Waals surface area contributed by atoms with E-state index in [1.165, 1.54) is 21.9 Å². The van der Waals surface area contributed by atoms with Crippen molar-refractivity contribution in [1.29, 1.82) is 0 Å². The van der Waals surface area contributed by atoms with Crippen molar-refractivity contribution >= 4 is 39.7 Å². The molecule has 0 aliphatic rings. The Balaban J connectivity index is 1.51. The van der Waals surface area contributed by atoms with Gasteiger partial charge in [0.15, 0.2) is 0 Å². The summed E-state index contributed by atoms with van der Waals surface area (Å²) >= 11 is 2.98. The van der Waals surface area contributed by atoms with E-state index in [1.807, 2.05) is 68.4 Å². The first-order chi connectivity index (χ1) is 15.6. The van der Waals surface area contributed by atoms with Gasteiger partial charge in [-0.15, -0.1) is 11.8 Å². The van der Waals surface area contributed by atoms with Crippen molar-refractivity contribution in [3.8, 4) is 0 Å². The number of aromatic nitrogens is 3. The standard InChI is InChI=1S/C24H24N4O2S2/c1-3-18(16-10-6-5-7-11-16)23(30)26-19-12-8-9-13-20(19)31-15-17-14-22(29)28-24(25-17)32-21(4-2)27-28/h5-14,18H,3-4,15H2,1-2H3,(H,26,30). The lowest BCUT2D eigenvalue weighted by molar-refractivity contribution is -0.117. The normalized spacial score (nSPS) is 12.1. The average Bonchev–Trinajstić information content (AvgIpc) is 3.24. The molecule has 1 unspecified atom stereocenters. The zero-order valence-electron chi connectivity index (χ0n) is 17.9. The smallest absolute Gasteiger partial charge is 0.275 e. The van der Waals surface area contributed by atoms with Crippen LogP contribution < -0.4 is 10.9 Å². The van der Waals surface area contributed by atoms with Crippen LogP contribution in [0.5, 0.6) is 0 Å². The van der Waals surface area contributed by atoms with E-state index in [0.29, 0.717) is 22.8 Å². The lowest BCUT2D eigenvalue weighted by Crippen LogP contribution is -2.21. The van der Waals surface area contributed by atoms with Crippen molar-refractivity contribution in [3.05, 3.63) is 87.3 Å². The largest absolute Gasteiger partial charge is 0.325 e. The zero-order valence-corrected chi connectivity index (χ0v) is 19.6. The van der Waals surface area contributed by atoms with Crippen LogP contribution in [0.2, 0.25) is 0 Å². The molecule has 4 aromatic rings. The highest BCUT2D eigenvalue weighted by molar-refractivity contribution is 7.98. The molecule has 6 nitrogen and oxygen atoms in total. The second-order valence-electron chi connectivity index (χ2n) is 7.28. The molecule has 164 valence electrons. The van der Waals surface area contributed by atoms with Crippen molar-refractivity contribution < 1.29 is 4.79 Å². The maximum atomic E-state index is 13.0. The Morgan fingerprint density at radius 1 is 1.12 bits per heavy atom. The summed E-state index contributed by atoms with van der Waals surface area (Å²) in [5.41, 5.74) is 2.30. The number of hydrogen-bond donors (Lipinski definition) is 1. The molecule has 0 spiro atoms. The third kappa shape index (κ3) is 4.92. The molecule has 0 aliphatic heterocycles. The highest BCUT2D eigenvalue weighted by Gasteiger charge is 2.19. The van der Waals surface area contributed by atoms with Gasteiger partial charge in [-0.05, 0) is 30.5 Å². The average molecular weight is 465 g/mol. The molecule has 8 heteroatoms. The van der Waals surface area contributed by atoms with Gasteiger partial charge >= 0.3 is 0 Å². The Kier molecular flexibility index (Phi) is 7.02. The molecule has 2 aromatic carbocycles. The number of rotatable bonds is 8. The van der Waals surface area contributed by atoms with Crippen LogP contribution in [-0.4, -0.2) is 20.5 Å². The maximum absolute atomic E-state index is 13.0. The van der Waals surface area contributed by atoms with Gasteiger partial charge in [-0.2, -0.15) is 9.61 Å². The number of nitrogens with one attached hydrogen (secondary N) is 1. The Hall–Kier alpha value is -2.97. The van der Waals surface area contributed by atoms with Gasteiger partial charge in [0.05, 0.1) is 17.3 Å². The highest BCUT2D eigenvalue weighted by atomic mass is 32.2. The van der Waals surface area contributed by atoms with Gasteiger partial charge in [0, 0.05) is 16.7 Å². The fourth-order valence-electron chi connectivity index (χ4n) is 3.44. The number of nitrogens with zero attached hydrogens (tertiary/aromatic N) is 3. The third-order valence-electron chi connectivity index (χ3n) is 5.09. The molecular weight excluding hydrogens is 440 g/mol. The Morgan fingerprint density at radius 3 is 2.62 bits per heavy atom. The number of thioether (sulfide) groups is 1. The minimum atomic E-state index is -0.211. The van der Waals surface area contributed by atoms with Crippen LogP contribution in [0, 0.1) is 0 Å². The summed E-state index contributed by atoms with van der Waals surface area (Å²) in [4.78, 5) is 31.6. The van der Waals surface area contributed by atoms with Crippen molar-refractivity contribution in [2.24, 2.45) is 0 Å². The number of amides is 1. The Morgan fingerprint density at radius 2 is 1.88 bits per heavy atom. The first-order valence-corrected chi connectivity index (χ1v) is 12.4. The lowest BCUT2D eigenvalue weighted by atomic mass is 9.95. The number of aryl methyl sites for hydroxylation is 1. The first-order valence-electron chi connectivity index (χ1n) is 10.5. The summed E-state index contributed by atoms with van der Waals surface area (Å²) in [6.45, 7) is 4.02. The summed E-state index contributed by atoms with van der Waals surface area (Å²) in [5.74, 6) is 0.284. The van der Waals surface area contributed by atoms with Crippen LogP contribution in [0.3, 0.4) is 0 Å². The predicted molar refractivity (Wildman–Crippen MR) is 131 cm³/mol. The maximum Gasteiger partial charge on any atom is 0.275 e.